The van der Waals surface area contributed by atoms with Gasteiger partial charge in [-0.3, -0.25) is 48.2 Å². The third-order valence-corrected chi connectivity index (χ3v) is 15.5. The maximum absolute atomic E-state index is 14.5. The molecule has 2 heterocycles. The van der Waals surface area contributed by atoms with E-state index >= 15 is 0 Å². The van der Waals surface area contributed by atoms with E-state index in [-0.39, 0.29) is 103 Å². The highest BCUT2D eigenvalue weighted by Gasteiger charge is 2.43. The number of likely N-dealkylation sites (tertiary alicyclic amines) is 1. The summed E-state index contributed by atoms with van der Waals surface area (Å²) in [7, 11) is 8.67. The number of Topliss-reactive ketones (excluding diaryl/α,β-unsaturated/α-hetero) is 3. The van der Waals surface area contributed by atoms with Gasteiger partial charge in [-0.25, -0.2) is 0 Å². The number of likely N-dealkylation sites (N-methyl/N-ethyl adjacent to an activating group) is 2. The monoisotopic (exact) mass is 1070 g/mol. The van der Waals surface area contributed by atoms with Crippen molar-refractivity contribution in [3.05, 3.63) is 48.0 Å². The highest BCUT2D eigenvalue weighted by molar-refractivity contribution is 6.12. The van der Waals surface area contributed by atoms with E-state index in [1.807, 2.05) is 83.9 Å². The first kappa shape index (κ1) is 65.6. The number of ketones is 3. The van der Waals surface area contributed by atoms with Crippen molar-refractivity contribution >= 4 is 46.9 Å². The second kappa shape index (κ2) is 34.3. The van der Waals surface area contributed by atoms with E-state index < -0.39 is 42.0 Å². The summed E-state index contributed by atoms with van der Waals surface area (Å²) in [6.45, 7) is 16.3. The summed E-state index contributed by atoms with van der Waals surface area (Å²) < 4.78 is 23.5. The highest BCUT2D eigenvalue weighted by Crippen LogP contribution is 2.32. The van der Waals surface area contributed by atoms with Gasteiger partial charge in [0, 0.05) is 103 Å². The Morgan fingerprint density at radius 3 is 1.99 bits per heavy atom. The molecule has 0 aromatic heterocycles. The number of nitrogens with one attached hydrogen (secondary N) is 1. The van der Waals surface area contributed by atoms with Gasteiger partial charge in [-0.1, -0.05) is 91.6 Å². The first-order valence-corrected chi connectivity index (χ1v) is 28.0. The minimum atomic E-state index is -0.663. The molecule has 0 saturated carbocycles. The summed E-state index contributed by atoms with van der Waals surface area (Å²) in [5.41, 5.74) is 0.922. The number of unbranched alkanes of at least 4 members (excludes halogenated alkanes) is 2. The van der Waals surface area contributed by atoms with Gasteiger partial charge in [0.05, 0.1) is 56.6 Å². The molecule has 1 aromatic rings. The van der Waals surface area contributed by atoms with Crippen LogP contribution in [0.15, 0.2) is 42.5 Å². The Balaban J connectivity index is 1.55. The number of rotatable bonds is 39. The third kappa shape index (κ3) is 20.6. The molecule has 1 saturated heterocycles. The van der Waals surface area contributed by atoms with Crippen molar-refractivity contribution in [2.75, 3.05) is 81.4 Å². The van der Waals surface area contributed by atoms with Crippen LogP contribution < -0.4 is 5.32 Å². The van der Waals surface area contributed by atoms with E-state index in [1.54, 1.807) is 31.1 Å². The smallest absolute Gasteiger partial charge is 0.253 e. The van der Waals surface area contributed by atoms with Crippen LogP contribution >= 0.6 is 0 Å². The van der Waals surface area contributed by atoms with Crippen LogP contribution in [0.3, 0.4) is 0 Å². The highest BCUT2D eigenvalue weighted by atomic mass is 16.5. The molecule has 2 aliphatic rings. The zero-order chi connectivity index (χ0) is 56.5. The summed E-state index contributed by atoms with van der Waals surface area (Å²) in [5, 5.41) is 2.96. The van der Waals surface area contributed by atoms with E-state index in [0.717, 1.165) is 24.8 Å². The van der Waals surface area contributed by atoms with Crippen LogP contribution in [0.1, 0.15) is 131 Å². The Kier molecular flexibility index (Phi) is 29.6. The predicted molar refractivity (Wildman–Crippen MR) is 293 cm³/mol. The SMILES string of the molecule is CC[C@H](C)[C@@H]([C@@H](CC(=O)N1CCC[C@H]1[C@H](OC)[C@@H](C)C(=O)C[C@H](Cc1ccccc1)C(=O)NCCOCCOCCCC(=O)CCCCCN1C(=O)C=CC1=O)OC)N(C)C(=O)[C@@H](CC(=O)[C@H](C(C)C)N(C)C)C(C)C. The largest absolute Gasteiger partial charge is 0.379 e. The lowest BCUT2D eigenvalue weighted by atomic mass is 9.83. The number of benzene rings is 1. The molecule has 5 amide bonds. The third-order valence-electron chi connectivity index (χ3n) is 15.5. The molecule has 2 aliphatic heterocycles. The number of carbonyl (C=O) groups is 8. The fourth-order valence-electron chi connectivity index (χ4n) is 11.0. The zero-order valence-electron chi connectivity index (χ0n) is 48.2. The first-order chi connectivity index (χ1) is 36.2. The molecular weight excluding hydrogens is 971 g/mol. The number of amides is 5. The van der Waals surface area contributed by atoms with Gasteiger partial charge in [0.15, 0.2) is 5.78 Å². The first-order valence-electron chi connectivity index (χ1n) is 28.0. The van der Waals surface area contributed by atoms with E-state index in [1.165, 1.54) is 17.1 Å². The van der Waals surface area contributed by atoms with Crippen molar-refractivity contribution in [2.45, 2.75) is 162 Å². The van der Waals surface area contributed by atoms with Gasteiger partial charge >= 0.3 is 0 Å². The number of carbonyl (C=O) groups excluding carboxylic acids is 8. The van der Waals surface area contributed by atoms with E-state index in [0.29, 0.717) is 77.9 Å². The quantitative estimate of drug-likeness (QED) is 0.0553. The van der Waals surface area contributed by atoms with Crippen LogP contribution in [-0.4, -0.2) is 178 Å². The molecule has 0 unspecified atom stereocenters. The van der Waals surface area contributed by atoms with Crippen molar-refractivity contribution in [3.8, 4) is 0 Å². The van der Waals surface area contributed by atoms with Crippen LogP contribution in [0.4, 0.5) is 0 Å². The average molecular weight is 1070 g/mol. The van der Waals surface area contributed by atoms with E-state index in [9.17, 15) is 38.4 Å². The summed E-state index contributed by atoms with van der Waals surface area (Å²) in [4.78, 5) is 113. The van der Waals surface area contributed by atoms with Gasteiger partial charge < -0.3 is 34.1 Å². The topological polar surface area (TPSA) is 198 Å². The van der Waals surface area contributed by atoms with Crippen molar-refractivity contribution in [1.82, 2.24) is 24.9 Å². The molecule has 0 radical (unpaired) electrons. The van der Waals surface area contributed by atoms with Gasteiger partial charge in [0.25, 0.3) is 11.8 Å². The van der Waals surface area contributed by atoms with Gasteiger partial charge in [0.1, 0.15) is 11.6 Å². The number of nitrogens with zero attached hydrogens (tertiary/aromatic N) is 4. The van der Waals surface area contributed by atoms with Gasteiger partial charge in [-0.05, 0) is 75.9 Å². The van der Waals surface area contributed by atoms with Crippen molar-refractivity contribution in [3.63, 3.8) is 0 Å². The Hall–Kier alpha value is -4.68. The molecule has 0 bridgehead atoms. The standard InChI is InChI=1S/C59H95N5O12/c1-13-42(6)56(62(10)59(72)47(40(2)3)38-50(67)55(41(4)5)61(8)9)51(73-11)39-54(70)63-31-20-26-48(63)57(74-12)43(7)49(66)37-45(36-44-22-16-14-17-23-44)58(71)60-29-33-76-35-34-75-32-21-25-46(65)24-18-15-19-30-64-52(68)27-28-53(64)69/h14,16-17,22-23,27-28,40-43,45,47-48,51,55-57H,13,15,18-21,24-26,29-39H2,1-12H3,(H,60,71)/t42-,43-,45-,47-,48-,51+,55-,56-,57+/m0/s1. The zero-order valence-corrected chi connectivity index (χ0v) is 48.2. The van der Waals surface area contributed by atoms with Crippen molar-refractivity contribution in [2.24, 2.45) is 35.5 Å². The molecule has 0 spiro atoms. The van der Waals surface area contributed by atoms with Crippen LogP contribution in [0.2, 0.25) is 0 Å². The summed E-state index contributed by atoms with van der Waals surface area (Å²) in [6.07, 6.45) is 7.42. The van der Waals surface area contributed by atoms with Gasteiger partial charge in [0.2, 0.25) is 17.7 Å². The maximum atomic E-state index is 14.5. The fourth-order valence-corrected chi connectivity index (χ4v) is 11.0. The predicted octanol–water partition coefficient (Wildman–Crippen LogP) is 6.53. The minimum absolute atomic E-state index is 0.0104. The van der Waals surface area contributed by atoms with Gasteiger partial charge in [-0.2, -0.15) is 0 Å². The molecule has 17 nitrogen and oxygen atoms in total. The lowest BCUT2D eigenvalue weighted by Gasteiger charge is -2.41. The molecular formula is C59H95N5O12. The van der Waals surface area contributed by atoms with E-state index in [2.05, 4.69) is 19.2 Å². The second-order valence-corrected chi connectivity index (χ2v) is 21.9. The lowest BCUT2D eigenvalue weighted by molar-refractivity contribution is -0.149. The molecule has 0 aliphatic carbocycles. The number of ether oxygens (including phenoxy) is 4. The Labute approximate surface area is 454 Å². The van der Waals surface area contributed by atoms with Crippen LogP contribution in [0.25, 0.3) is 0 Å². The Bertz CT molecular complexity index is 2000. The molecule has 1 N–H and O–H groups in total. The molecule has 76 heavy (non-hydrogen) atoms. The Morgan fingerprint density at radius 2 is 1.39 bits per heavy atom. The fraction of sp³-hybridized carbons (Fsp3) is 0.729. The van der Waals surface area contributed by atoms with E-state index in [4.69, 9.17) is 18.9 Å². The normalized spacial score (nSPS) is 18.0. The van der Waals surface area contributed by atoms with Crippen molar-refractivity contribution < 1.29 is 57.3 Å². The van der Waals surface area contributed by atoms with Crippen LogP contribution in [-0.2, 0) is 63.7 Å². The molecule has 1 aromatic carbocycles. The van der Waals surface area contributed by atoms with Crippen LogP contribution in [0.5, 0.6) is 0 Å². The van der Waals surface area contributed by atoms with Crippen molar-refractivity contribution in [1.29, 1.82) is 0 Å². The minimum Gasteiger partial charge on any atom is -0.379 e. The molecule has 1 fully saturated rings. The van der Waals surface area contributed by atoms with Crippen LogP contribution in [0, 0.1) is 35.5 Å². The molecule has 3 rings (SSSR count). The summed E-state index contributed by atoms with van der Waals surface area (Å²) in [5.74, 6) is -2.97. The number of hydrogen-bond donors (Lipinski definition) is 1. The summed E-state index contributed by atoms with van der Waals surface area (Å²) in [6, 6.07) is 8.42. The summed E-state index contributed by atoms with van der Waals surface area (Å²) >= 11 is 0. The number of methoxy groups -OCH3 is 2. The molecule has 428 valence electrons. The molecule has 9 atom stereocenters. The number of imide groups is 1. The lowest BCUT2D eigenvalue weighted by Crippen LogP contribution is -2.54. The average Bonchev–Trinajstić information content (AvgIpc) is 4.00. The Morgan fingerprint density at radius 1 is 0.750 bits per heavy atom. The second-order valence-electron chi connectivity index (χ2n) is 21.9. The van der Waals surface area contributed by atoms with Gasteiger partial charge in [-0.15, -0.1) is 0 Å². The maximum Gasteiger partial charge on any atom is 0.253 e. The number of hydrogen-bond acceptors (Lipinski definition) is 13. The molecule has 17 heteroatoms.